The number of carbonyl (C=O) groups is 1. The highest BCUT2D eigenvalue weighted by molar-refractivity contribution is 6.07. The number of nitriles is 1. The molecular weight excluding hydrogens is 360 g/mol. The van der Waals surface area contributed by atoms with E-state index in [1.807, 2.05) is 37.3 Å². The second-order valence-electron chi connectivity index (χ2n) is 5.90. The molecule has 2 aromatic carbocycles. The van der Waals surface area contributed by atoms with Crippen LogP contribution in [0.1, 0.15) is 11.1 Å². The first kappa shape index (κ1) is 20.5. The lowest BCUT2D eigenvalue weighted by atomic mass is 10.1. The predicted octanol–water partition coefficient (Wildman–Crippen LogP) is 3.09. The number of nitrogens with zero attached hydrogens (tertiary/aromatic N) is 2. The molecule has 0 saturated carbocycles. The summed E-state index contributed by atoms with van der Waals surface area (Å²) >= 11 is 0. The van der Waals surface area contributed by atoms with Crippen molar-refractivity contribution in [2.75, 3.05) is 19.0 Å². The number of methoxy groups -OCH3 is 1. The van der Waals surface area contributed by atoms with E-state index in [9.17, 15) is 20.2 Å². The number of non-ortho nitro benzene ring substituents is 1. The van der Waals surface area contributed by atoms with Crippen LogP contribution in [0, 0.1) is 28.4 Å². The Balaban J connectivity index is 2.01. The Morgan fingerprint density at radius 3 is 2.71 bits per heavy atom. The molecular formula is C20H20N4O4. The molecule has 0 atom stereocenters. The van der Waals surface area contributed by atoms with E-state index in [4.69, 9.17) is 4.74 Å². The second kappa shape index (κ2) is 9.73. The first-order valence-electron chi connectivity index (χ1n) is 8.48. The molecule has 144 valence electrons. The number of rotatable bonds is 8. The van der Waals surface area contributed by atoms with Gasteiger partial charge in [0, 0.05) is 18.8 Å². The van der Waals surface area contributed by atoms with Crippen molar-refractivity contribution < 1.29 is 14.5 Å². The van der Waals surface area contributed by atoms with E-state index in [2.05, 4.69) is 10.6 Å². The normalized spacial score (nSPS) is 10.7. The van der Waals surface area contributed by atoms with E-state index < -0.39 is 10.8 Å². The minimum absolute atomic E-state index is 0.120. The number of benzene rings is 2. The van der Waals surface area contributed by atoms with Gasteiger partial charge in [0.15, 0.2) is 0 Å². The van der Waals surface area contributed by atoms with Gasteiger partial charge in [-0.1, -0.05) is 24.3 Å². The zero-order valence-corrected chi connectivity index (χ0v) is 15.6. The zero-order valence-electron chi connectivity index (χ0n) is 15.6. The molecule has 2 aromatic rings. The third kappa shape index (κ3) is 5.32. The number of hydrogen-bond donors (Lipinski definition) is 2. The standard InChI is InChI=1S/C20H20N4O4/c1-14-5-3-4-6-15(14)9-10-22-13-16(12-21)20(25)23-18-8-7-17(24(26)27)11-19(18)28-2/h3-8,11,13,22H,9-10H2,1-2H3,(H,23,25)/b16-13-. The highest BCUT2D eigenvalue weighted by atomic mass is 16.6. The summed E-state index contributed by atoms with van der Waals surface area (Å²) in [6, 6.07) is 13.6. The third-order valence-corrected chi connectivity index (χ3v) is 4.06. The SMILES string of the molecule is COc1cc([N+](=O)[O-])ccc1NC(=O)/C(C#N)=C\NCCc1ccccc1C. The van der Waals surface area contributed by atoms with Crippen molar-refractivity contribution in [2.45, 2.75) is 13.3 Å². The van der Waals surface area contributed by atoms with Gasteiger partial charge in [-0.15, -0.1) is 0 Å². The molecule has 8 heteroatoms. The molecule has 0 saturated heterocycles. The number of ether oxygens (including phenoxy) is 1. The summed E-state index contributed by atoms with van der Waals surface area (Å²) in [6.07, 6.45) is 2.10. The van der Waals surface area contributed by atoms with Gasteiger partial charge in [0.1, 0.15) is 17.4 Å². The first-order valence-corrected chi connectivity index (χ1v) is 8.48. The smallest absolute Gasteiger partial charge is 0.273 e. The molecule has 0 aromatic heterocycles. The minimum atomic E-state index is -0.641. The third-order valence-electron chi connectivity index (χ3n) is 4.06. The van der Waals surface area contributed by atoms with Crippen LogP contribution in [0.2, 0.25) is 0 Å². The highest BCUT2D eigenvalue weighted by Gasteiger charge is 2.15. The molecule has 0 radical (unpaired) electrons. The molecule has 0 aliphatic heterocycles. The van der Waals surface area contributed by atoms with Crippen LogP contribution in [0.5, 0.6) is 5.75 Å². The number of nitrogens with one attached hydrogen (secondary N) is 2. The molecule has 0 heterocycles. The lowest BCUT2D eigenvalue weighted by Gasteiger charge is -2.10. The number of nitro groups is 1. The van der Waals surface area contributed by atoms with Crippen molar-refractivity contribution in [1.82, 2.24) is 5.32 Å². The molecule has 8 nitrogen and oxygen atoms in total. The Labute approximate surface area is 162 Å². The lowest BCUT2D eigenvalue weighted by molar-refractivity contribution is -0.384. The number of aryl methyl sites for hydroxylation is 1. The van der Waals surface area contributed by atoms with Gasteiger partial charge in [-0.3, -0.25) is 14.9 Å². The summed E-state index contributed by atoms with van der Waals surface area (Å²) < 4.78 is 5.07. The van der Waals surface area contributed by atoms with Gasteiger partial charge in [-0.25, -0.2) is 0 Å². The number of nitro benzene ring substituents is 1. The monoisotopic (exact) mass is 380 g/mol. The molecule has 0 fully saturated rings. The number of amides is 1. The average Bonchev–Trinajstić information content (AvgIpc) is 2.69. The summed E-state index contributed by atoms with van der Waals surface area (Å²) in [4.78, 5) is 22.6. The van der Waals surface area contributed by atoms with E-state index in [0.29, 0.717) is 6.54 Å². The van der Waals surface area contributed by atoms with Gasteiger partial charge in [0.2, 0.25) is 0 Å². The van der Waals surface area contributed by atoms with Crippen LogP contribution in [-0.4, -0.2) is 24.5 Å². The second-order valence-corrected chi connectivity index (χ2v) is 5.90. The van der Waals surface area contributed by atoms with Gasteiger partial charge in [0.05, 0.1) is 23.8 Å². The Bertz CT molecular complexity index is 947. The molecule has 0 unspecified atom stereocenters. The van der Waals surface area contributed by atoms with Crippen molar-refractivity contribution in [3.05, 3.63) is 75.5 Å². The van der Waals surface area contributed by atoms with Crippen LogP contribution in [0.15, 0.2) is 54.2 Å². The summed E-state index contributed by atoms with van der Waals surface area (Å²) in [5.74, 6) is -0.509. The molecule has 0 spiro atoms. The average molecular weight is 380 g/mol. The quantitative estimate of drug-likeness (QED) is 0.239. The minimum Gasteiger partial charge on any atom is -0.494 e. The fraction of sp³-hybridized carbons (Fsp3) is 0.200. The zero-order chi connectivity index (χ0) is 20.5. The van der Waals surface area contributed by atoms with Crippen molar-refractivity contribution in [3.63, 3.8) is 0 Å². The molecule has 28 heavy (non-hydrogen) atoms. The van der Waals surface area contributed by atoms with Crippen molar-refractivity contribution >= 4 is 17.3 Å². The molecule has 2 N–H and O–H groups in total. The van der Waals surface area contributed by atoms with Gasteiger partial charge in [0.25, 0.3) is 11.6 Å². The molecule has 0 bridgehead atoms. The fourth-order valence-corrected chi connectivity index (χ4v) is 2.51. The fourth-order valence-electron chi connectivity index (χ4n) is 2.51. The Kier molecular flexibility index (Phi) is 7.11. The van der Waals surface area contributed by atoms with Crippen LogP contribution in [-0.2, 0) is 11.2 Å². The maximum Gasteiger partial charge on any atom is 0.273 e. The van der Waals surface area contributed by atoms with Crippen molar-refractivity contribution in [2.24, 2.45) is 0 Å². The van der Waals surface area contributed by atoms with Gasteiger partial charge in [-0.05, 0) is 30.5 Å². The molecule has 1 amide bonds. The first-order chi connectivity index (χ1) is 13.5. The summed E-state index contributed by atoms with van der Waals surface area (Å²) in [5.41, 5.74) is 2.31. The van der Waals surface area contributed by atoms with E-state index in [1.165, 1.54) is 42.6 Å². The van der Waals surface area contributed by atoms with Crippen molar-refractivity contribution in [3.8, 4) is 11.8 Å². The van der Waals surface area contributed by atoms with Crippen LogP contribution in [0.3, 0.4) is 0 Å². The van der Waals surface area contributed by atoms with E-state index in [0.717, 1.165) is 6.42 Å². The number of carbonyl (C=O) groups excluding carboxylic acids is 1. The molecule has 0 aliphatic rings. The summed E-state index contributed by atoms with van der Waals surface area (Å²) in [6.45, 7) is 2.58. The van der Waals surface area contributed by atoms with Gasteiger partial charge >= 0.3 is 0 Å². The highest BCUT2D eigenvalue weighted by Crippen LogP contribution is 2.29. The van der Waals surface area contributed by atoms with Gasteiger partial charge in [-0.2, -0.15) is 5.26 Å². The van der Waals surface area contributed by atoms with E-state index in [-0.39, 0.29) is 22.7 Å². The maximum absolute atomic E-state index is 12.3. The predicted molar refractivity (Wildman–Crippen MR) is 105 cm³/mol. The topological polar surface area (TPSA) is 117 Å². The largest absolute Gasteiger partial charge is 0.494 e. The van der Waals surface area contributed by atoms with E-state index >= 15 is 0 Å². The maximum atomic E-state index is 12.3. The Morgan fingerprint density at radius 1 is 1.32 bits per heavy atom. The Hall–Kier alpha value is -3.86. The van der Waals surface area contributed by atoms with Gasteiger partial charge < -0.3 is 15.4 Å². The summed E-state index contributed by atoms with van der Waals surface area (Å²) in [5, 5.41) is 25.6. The van der Waals surface area contributed by atoms with Crippen LogP contribution in [0.4, 0.5) is 11.4 Å². The summed E-state index contributed by atoms with van der Waals surface area (Å²) in [7, 11) is 1.34. The Morgan fingerprint density at radius 2 is 2.07 bits per heavy atom. The van der Waals surface area contributed by atoms with Crippen molar-refractivity contribution in [1.29, 1.82) is 5.26 Å². The lowest BCUT2D eigenvalue weighted by Crippen LogP contribution is -2.18. The number of anilines is 1. The van der Waals surface area contributed by atoms with E-state index in [1.54, 1.807) is 0 Å². The number of hydrogen-bond acceptors (Lipinski definition) is 6. The van der Waals surface area contributed by atoms with Crippen LogP contribution >= 0.6 is 0 Å². The molecule has 0 aliphatic carbocycles. The van der Waals surface area contributed by atoms with Crippen LogP contribution < -0.4 is 15.4 Å². The molecule has 2 rings (SSSR count). The van der Waals surface area contributed by atoms with Crippen LogP contribution in [0.25, 0.3) is 0 Å².